The van der Waals surface area contributed by atoms with Crippen LogP contribution in [0, 0.1) is 0 Å². The molecule has 1 aliphatic rings. The van der Waals surface area contributed by atoms with Crippen LogP contribution in [0.15, 0.2) is 35.8 Å². The molecular weight excluding hydrogens is 507 g/mol. The lowest BCUT2D eigenvalue weighted by molar-refractivity contribution is -0.118. The van der Waals surface area contributed by atoms with Crippen molar-refractivity contribution in [2.45, 2.75) is 12.6 Å². The van der Waals surface area contributed by atoms with Crippen molar-refractivity contribution < 1.29 is 14.3 Å². The summed E-state index contributed by atoms with van der Waals surface area (Å²) in [5, 5.41) is 6.80. The molecule has 3 aromatic rings. The number of amides is 1. The highest BCUT2D eigenvalue weighted by molar-refractivity contribution is 6.41. The number of fused-ring (bicyclic) bond motifs is 1. The van der Waals surface area contributed by atoms with Crippen LogP contribution in [0.3, 0.4) is 0 Å². The first kappa shape index (κ1) is 25.7. The van der Waals surface area contributed by atoms with Crippen LogP contribution in [0.5, 0.6) is 11.5 Å². The number of aromatic nitrogens is 3. The first-order chi connectivity index (χ1) is 17.3. The second-order valence-corrected chi connectivity index (χ2v) is 8.95. The van der Waals surface area contributed by atoms with Crippen LogP contribution in [-0.4, -0.2) is 72.3 Å². The van der Waals surface area contributed by atoms with Crippen LogP contribution in [0.4, 0.5) is 5.95 Å². The number of methoxy groups -OCH3 is 2. The van der Waals surface area contributed by atoms with E-state index in [0.29, 0.717) is 60.2 Å². The number of benzene rings is 1. The van der Waals surface area contributed by atoms with Gasteiger partial charge in [0.15, 0.2) is 0 Å². The lowest BCUT2D eigenvalue weighted by Crippen LogP contribution is -2.59. The molecule has 0 aliphatic carbocycles. The Kier molecular flexibility index (Phi) is 7.67. The third kappa shape index (κ3) is 4.84. The van der Waals surface area contributed by atoms with E-state index < -0.39 is 0 Å². The average molecular weight is 533 g/mol. The standard InChI is InChI=1S/C24H26Cl2N6O4/c1-5-18(33)29-14-11-31(12-14)6-7-32-22-13(10-28-24(27-2)30-22)8-15(23(32)34)19-20(25)16(35-3)9-17(36-4)21(19)26/h5,8-10,14H,1,6-7,11-12H2,2-4H3,(H,29,33)(H,27,28,30). The van der Waals surface area contributed by atoms with Crippen molar-refractivity contribution >= 4 is 46.1 Å². The zero-order valence-corrected chi connectivity index (χ0v) is 21.6. The number of likely N-dealkylation sites (tertiary alicyclic amines) is 1. The van der Waals surface area contributed by atoms with Gasteiger partial charge in [-0.25, -0.2) is 4.98 Å². The Morgan fingerprint density at radius 1 is 1.19 bits per heavy atom. The monoisotopic (exact) mass is 532 g/mol. The number of halogens is 2. The summed E-state index contributed by atoms with van der Waals surface area (Å²) in [6.07, 6.45) is 2.89. The normalized spacial score (nSPS) is 13.8. The SMILES string of the molecule is C=CC(=O)NC1CN(CCn2c(=O)c(-c3c(Cl)c(OC)cc(OC)c3Cl)cc3cnc(NC)nc32)C1. The zero-order valence-electron chi connectivity index (χ0n) is 20.1. The molecular formula is C24H26Cl2N6O4. The van der Waals surface area contributed by atoms with E-state index in [1.807, 2.05) is 0 Å². The molecule has 0 saturated carbocycles. The summed E-state index contributed by atoms with van der Waals surface area (Å²) in [5.74, 6) is 0.842. The van der Waals surface area contributed by atoms with Crippen molar-refractivity contribution in [3.8, 4) is 22.6 Å². The Bertz CT molecular complexity index is 1360. The minimum atomic E-state index is -0.320. The molecule has 0 unspecified atom stereocenters. The molecule has 190 valence electrons. The van der Waals surface area contributed by atoms with Gasteiger partial charge in [0, 0.05) is 56.4 Å². The molecule has 3 heterocycles. The molecule has 36 heavy (non-hydrogen) atoms. The summed E-state index contributed by atoms with van der Waals surface area (Å²) in [6.45, 7) is 5.74. The molecule has 1 saturated heterocycles. The van der Waals surface area contributed by atoms with Gasteiger partial charge in [0.25, 0.3) is 5.56 Å². The third-order valence-corrected chi connectivity index (χ3v) is 6.77. The van der Waals surface area contributed by atoms with E-state index in [9.17, 15) is 9.59 Å². The van der Waals surface area contributed by atoms with Crippen LogP contribution < -0.4 is 25.7 Å². The number of carbonyl (C=O) groups is 1. The summed E-state index contributed by atoms with van der Waals surface area (Å²) in [7, 11) is 4.65. The smallest absolute Gasteiger partial charge is 0.260 e. The molecule has 0 atom stereocenters. The van der Waals surface area contributed by atoms with Crippen molar-refractivity contribution in [3.63, 3.8) is 0 Å². The highest BCUT2D eigenvalue weighted by Gasteiger charge is 2.28. The summed E-state index contributed by atoms with van der Waals surface area (Å²) in [6, 6.07) is 3.29. The predicted molar refractivity (Wildman–Crippen MR) is 140 cm³/mol. The van der Waals surface area contributed by atoms with Crippen molar-refractivity contribution in [1.82, 2.24) is 24.8 Å². The van der Waals surface area contributed by atoms with Crippen LogP contribution in [-0.2, 0) is 11.3 Å². The van der Waals surface area contributed by atoms with Gasteiger partial charge in [-0.3, -0.25) is 19.1 Å². The molecule has 0 radical (unpaired) electrons. The van der Waals surface area contributed by atoms with Gasteiger partial charge in [-0.05, 0) is 12.1 Å². The maximum absolute atomic E-state index is 13.9. The van der Waals surface area contributed by atoms with Gasteiger partial charge in [0.05, 0.1) is 35.9 Å². The average Bonchev–Trinajstić information content (AvgIpc) is 2.86. The molecule has 2 N–H and O–H groups in total. The first-order valence-electron chi connectivity index (χ1n) is 11.1. The van der Waals surface area contributed by atoms with Crippen molar-refractivity contribution in [2.24, 2.45) is 0 Å². The van der Waals surface area contributed by atoms with Gasteiger partial charge in [0.2, 0.25) is 11.9 Å². The number of hydrogen-bond acceptors (Lipinski definition) is 8. The van der Waals surface area contributed by atoms with E-state index in [1.165, 1.54) is 20.3 Å². The minimum absolute atomic E-state index is 0.0513. The van der Waals surface area contributed by atoms with Gasteiger partial charge in [-0.1, -0.05) is 29.8 Å². The molecule has 1 amide bonds. The van der Waals surface area contributed by atoms with Crippen LogP contribution in [0.1, 0.15) is 0 Å². The largest absolute Gasteiger partial charge is 0.495 e. The van der Waals surface area contributed by atoms with Crippen molar-refractivity contribution in [1.29, 1.82) is 0 Å². The Morgan fingerprint density at radius 3 is 2.44 bits per heavy atom. The van der Waals surface area contributed by atoms with Gasteiger partial charge >= 0.3 is 0 Å². The van der Waals surface area contributed by atoms with Gasteiger partial charge in [0.1, 0.15) is 17.1 Å². The second kappa shape index (κ2) is 10.7. The lowest BCUT2D eigenvalue weighted by atomic mass is 10.0. The Balaban J connectivity index is 1.77. The first-order valence-corrected chi connectivity index (χ1v) is 11.9. The molecule has 4 rings (SSSR count). The molecule has 10 nitrogen and oxygen atoms in total. The van der Waals surface area contributed by atoms with Crippen molar-refractivity contribution in [3.05, 3.63) is 51.4 Å². The van der Waals surface area contributed by atoms with Crippen LogP contribution in [0.2, 0.25) is 10.0 Å². The second-order valence-electron chi connectivity index (χ2n) is 8.19. The molecule has 0 bridgehead atoms. The summed E-state index contributed by atoms with van der Waals surface area (Å²) >= 11 is 13.3. The van der Waals surface area contributed by atoms with Gasteiger partial charge in [-0.2, -0.15) is 4.98 Å². The van der Waals surface area contributed by atoms with Gasteiger partial charge in [-0.15, -0.1) is 0 Å². The van der Waals surface area contributed by atoms with E-state index in [-0.39, 0.29) is 33.1 Å². The molecule has 12 heteroatoms. The topological polar surface area (TPSA) is 111 Å². The van der Waals surface area contributed by atoms with E-state index in [0.717, 1.165) is 0 Å². The molecule has 1 fully saturated rings. The van der Waals surface area contributed by atoms with E-state index in [4.69, 9.17) is 32.7 Å². The van der Waals surface area contributed by atoms with Gasteiger partial charge < -0.3 is 20.1 Å². The highest BCUT2D eigenvalue weighted by Crippen LogP contribution is 2.45. The Morgan fingerprint density at radius 2 is 1.86 bits per heavy atom. The summed E-state index contributed by atoms with van der Waals surface area (Å²) in [4.78, 5) is 36.3. The Labute approximate surface area is 217 Å². The Hall–Kier alpha value is -3.34. The third-order valence-electron chi connectivity index (χ3n) is 6.02. The van der Waals surface area contributed by atoms with E-state index >= 15 is 0 Å². The number of anilines is 1. The number of hydrogen-bond donors (Lipinski definition) is 2. The minimum Gasteiger partial charge on any atom is -0.495 e. The molecule has 1 aromatic carbocycles. The predicted octanol–water partition coefficient (Wildman–Crippen LogP) is 2.81. The number of ether oxygens (including phenoxy) is 2. The molecule has 2 aromatic heterocycles. The van der Waals surface area contributed by atoms with E-state index in [2.05, 4.69) is 32.1 Å². The fraction of sp³-hybridized carbons (Fsp3) is 0.333. The number of nitrogens with one attached hydrogen (secondary N) is 2. The quantitative estimate of drug-likeness (QED) is 0.404. The van der Waals surface area contributed by atoms with Crippen LogP contribution >= 0.6 is 23.2 Å². The highest BCUT2D eigenvalue weighted by atomic mass is 35.5. The summed E-state index contributed by atoms with van der Waals surface area (Å²) < 4.78 is 12.4. The number of rotatable bonds is 9. The molecule has 1 aliphatic heterocycles. The van der Waals surface area contributed by atoms with Crippen molar-refractivity contribution in [2.75, 3.05) is 46.2 Å². The zero-order chi connectivity index (χ0) is 26.0. The van der Waals surface area contributed by atoms with Crippen LogP contribution in [0.25, 0.3) is 22.2 Å². The maximum atomic E-state index is 13.9. The van der Waals surface area contributed by atoms with E-state index in [1.54, 1.807) is 29.9 Å². The lowest BCUT2D eigenvalue weighted by Gasteiger charge is -2.39. The molecule has 0 spiro atoms. The maximum Gasteiger partial charge on any atom is 0.260 e. The fourth-order valence-electron chi connectivity index (χ4n) is 4.13. The number of nitrogens with zero attached hydrogens (tertiary/aromatic N) is 4. The number of pyridine rings is 1. The summed E-state index contributed by atoms with van der Waals surface area (Å²) in [5.41, 5.74) is 0.737. The fourth-order valence-corrected chi connectivity index (χ4v) is 4.84. The number of carbonyl (C=O) groups excluding carboxylic acids is 1.